The van der Waals surface area contributed by atoms with Gasteiger partial charge in [-0.3, -0.25) is 4.79 Å². The molecule has 1 aliphatic rings. The van der Waals surface area contributed by atoms with Crippen molar-refractivity contribution in [3.05, 3.63) is 78.3 Å². The predicted octanol–water partition coefficient (Wildman–Crippen LogP) is 2.79. The van der Waals surface area contributed by atoms with E-state index in [2.05, 4.69) is 10.5 Å². The third kappa shape index (κ3) is 4.44. The zero-order chi connectivity index (χ0) is 20.1. The number of benzene rings is 2. The molecule has 4 rings (SSSR count). The molecule has 8 heteroatoms. The summed E-state index contributed by atoms with van der Waals surface area (Å²) >= 11 is 0. The Morgan fingerprint density at radius 1 is 1.03 bits per heavy atom. The topological polar surface area (TPSA) is 99.4 Å². The minimum atomic E-state index is -0.787. The van der Waals surface area contributed by atoms with Gasteiger partial charge in [0, 0.05) is 0 Å². The van der Waals surface area contributed by atoms with Crippen molar-refractivity contribution >= 4 is 18.1 Å². The van der Waals surface area contributed by atoms with Crippen molar-refractivity contribution in [3.63, 3.8) is 0 Å². The average molecular weight is 392 g/mol. The van der Waals surface area contributed by atoms with Crippen molar-refractivity contribution < 1.29 is 28.2 Å². The Balaban J connectivity index is 1.29. The molecule has 0 fully saturated rings. The number of hydrogen-bond acceptors (Lipinski definition) is 7. The number of carbonyl (C=O) groups excluding carboxylic acids is 2. The molecule has 1 N–H and O–H groups in total. The fraction of sp³-hybridized carbons (Fsp3) is 0.0952. The maximum atomic E-state index is 12.2. The first-order valence-electron chi connectivity index (χ1n) is 8.76. The van der Waals surface area contributed by atoms with E-state index >= 15 is 0 Å². The molecular formula is C21H16N2O6. The number of nitrogens with zero attached hydrogens (tertiary/aromatic N) is 1. The quantitative estimate of drug-likeness (QED) is 0.310. The molecule has 3 aromatic rings. The molecular weight excluding hydrogens is 376 g/mol. The molecule has 0 spiro atoms. The summed E-state index contributed by atoms with van der Waals surface area (Å²) in [5.74, 6) is 0.601. The second kappa shape index (κ2) is 8.30. The van der Waals surface area contributed by atoms with Crippen LogP contribution >= 0.6 is 0 Å². The van der Waals surface area contributed by atoms with Crippen LogP contribution in [0.15, 0.2) is 76.4 Å². The third-order valence-corrected chi connectivity index (χ3v) is 4.00. The van der Waals surface area contributed by atoms with Gasteiger partial charge >= 0.3 is 5.97 Å². The van der Waals surface area contributed by atoms with Crippen LogP contribution in [0.1, 0.15) is 16.1 Å². The van der Waals surface area contributed by atoms with E-state index in [4.69, 9.17) is 18.6 Å². The van der Waals surface area contributed by atoms with Gasteiger partial charge in [0.15, 0.2) is 11.5 Å². The van der Waals surface area contributed by atoms with Gasteiger partial charge in [0.2, 0.25) is 11.9 Å². The lowest BCUT2D eigenvalue weighted by Crippen LogP contribution is -2.42. The summed E-state index contributed by atoms with van der Waals surface area (Å²) in [7, 11) is 0. The number of amides is 1. The van der Waals surface area contributed by atoms with Gasteiger partial charge in [-0.05, 0) is 54.1 Å². The summed E-state index contributed by atoms with van der Waals surface area (Å²) < 4.78 is 21.3. The van der Waals surface area contributed by atoms with Crippen LogP contribution in [-0.2, 0) is 4.79 Å². The van der Waals surface area contributed by atoms with Gasteiger partial charge in [0.1, 0.15) is 12.4 Å². The summed E-state index contributed by atoms with van der Waals surface area (Å²) in [5, 5.41) is 3.92. The molecule has 29 heavy (non-hydrogen) atoms. The zero-order valence-corrected chi connectivity index (χ0v) is 15.1. The average Bonchev–Trinajstić information content (AvgIpc) is 3.30. The first kappa shape index (κ1) is 18.3. The molecule has 146 valence electrons. The Hall–Kier alpha value is -4.07. The van der Waals surface area contributed by atoms with Crippen LogP contribution in [0.3, 0.4) is 0 Å². The number of carbonyl (C=O) groups is 2. The van der Waals surface area contributed by atoms with Crippen LogP contribution < -0.4 is 19.6 Å². The smallest absolute Gasteiger partial charge is 0.379 e. The number of furan rings is 1. The Morgan fingerprint density at radius 2 is 1.83 bits per heavy atom. The minimum absolute atomic E-state index is 0.105. The zero-order valence-electron chi connectivity index (χ0n) is 15.1. The molecule has 0 aliphatic carbocycles. The monoisotopic (exact) mass is 392 g/mol. The van der Waals surface area contributed by atoms with Crippen LogP contribution in [0.5, 0.6) is 17.2 Å². The Kier molecular flexibility index (Phi) is 5.24. The highest BCUT2D eigenvalue weighted by molar-refractivity contribution is 5.88. The molecule has 1 aromatic heterocycles. The van der Waals surface area contributed by atoms with Gasteiger partial charge in [-0.15, -0.1) is 0 Å². The number of ether oxygens (including phenoxy) is 3. The van der Waals surface area contributed by atoms with Gasteiger partial charge < -0.3 is 18.6 Å². The standard InChI is InChI=1S/C21H16N2O6/c24-20(19-13-27-16-4-1-2-5-17(16)29-19)23-22-12-14-7-9-15(10-8-14)28-21(25)18-6-3-11-26-18/h1-12,19H,13H2,(H,23,24)/t19-/m0/s1. The largest absolute Gasteiger partial charge is 0.485 e. The first-order valence-corrected chi connectivity index (χ1v) is 8.76. The van der Waals surface area contributed by atoms with Crippen molar-refractivity contribution in [3.8, 4) is 17.2 Å². The van der Waals surface area contributed by atoms with Gasteiger partial charge in [-0.25, -0.2) is 10.2 Å². The minimum Gasteiger partial charge on any atom is -0.485 e. The Bertz CT molecular complexity index is 1030. The number of fused-ring (bicyclic) bond motifs is 1. The number of rotatable bonds is 5. The summed E-state index contributed by atoms with van der Waals surface area (Å²) in [5.41, 5.74) is 3.13. The molecule has 8 nitrogen and oxygen atoms in total. The van der Waals surface area contributed by atoms with E-state index in [1.165, 1.54) is 18.5 Å². The van der Waals surface area contributed by atoms with Gasteiger partial charge in [-0.1, -0.05) is 12.1 Å². The lowest BCUT2D eigenvalue weighted by Gasteiger charge is -2.24. The summed E-state index contributed by atoms with van der Waals surface area (Å²) in [6.45, 7) is 0.105. The maximum absolute atomic E-state index is 12.2. The fourth-order valence-electron chi connectivity index (χ4n) is 2.57. The van der Waals surface area contributed by atoms with E-state index in [0.717, 1.165) is 0 Å². The molecule has 0 saturated heterocycles. The van der Waals surface area contributed by atoms with E-state index in [0.29, 0.717) is 22.8 Å². The summed E-state index contributed by atoms with van der Waals surface area (Å²) in [4.78, 5) is 24.0. The lowest BCUT2D eigenvalue weighted by molar-refractivity contribution is -0.130. The SMILES string of the molecule is O=C(Oc1ccc(C=NNC(=O)[C@@H]2COc3ccccc3O2)cc1)c1ccco1. The molecule has 1 atom stereocenters. The Morgan fingerprint density at radius 3 is 2.59 bits per heavy atom. The van der Waals surface area contributed by atoms with Gasteiger partial charge in [0.05, 0.1) is 12.5 Å². The highest BCUT2D eigenvalue weighted by atomic mass is 16.6. The summed E-state index contributed by atoms with van der Waals surface area (Å²) in [6, 6.07) is 16.9. The van der Waals surface area contributed by atoms with E-state index in [1.54, 1.807) is 48.5 Å². The third-order valence-electron chi connectivity index (χ3n) is 4.00. The predicted molar refractivity (Wildman–Crippen MR) is 102 cm³/mol. The van der Waals surface area contributed by atoms with Crippen molar-refractivity contribution in [1.29, 1.82) is 0 Å². The van der Waals surface area contributed by atoms with Crippen LogP contribution in [0.25, 0.3) is 0 Å². The highest BCUT2D eigenvalue weighted by Crippen LogP contribution is 2.30. The van der Waals surface area contributed by atoms with E-state index in [-0.39, 0.29) is 12.4 Å². The van der Waals surface area contributed by atoms with E-state index in [1.807, 2.05) is 6.07 Å². The van der Waals surface area contributed by atoms with Crippen molar-refractivity contribution in [2.75, 3.05) is 6.61 Å². The fourth-order valence-corrected chi connectivity index (χ4v) is 2.57. The second-order valence-corrected chi connectivity index (χ2v) is 6.03. The normalized spacial score (nSPS) is 15.1. The molecule has 1 amide bonds. The number of para-hydroxylation sites is 2. The second-order valence-electron chi connectivity index (χ2n) is 6.03. The maximum Gasteiger partial charge on any atom is 0.379 e. The lowest BCUT2D eigenvalue weighted by atomic mass is 10.2. The molecule has 1 aliphatic heterocycles. The Labute approximate surface area is 165 Å². The number of esters is 1. The first-order chi connectivity index (χ1) is 14.2. The van der Waals surface area contributed by atoms with Gasteiger partial charge in [-0.2, -0.15) is 5.10 Å². The molecule has 0 unspecified atom stereocenters. The molecule has 0 saturated carbocycles. The van der Waals surface area contributed by atoms with Crippen molar-refractivity contribution in [1.82, 2.24) is 5.43 Å². The number of nitrogens with one attached hydrogen (secondary N) is 1. The molecule has 2 heterocycles. The number of hydrogen-bond donors (Lipinski definition) is 1. The van der Waals surface area contributed by atoms with Crippen LogP contribution in [0, 0.1) is 0 Å². The molecule has 0 radical (unpaired) electrons. The van der Waals surface area contributed by atoms with Crippen LogP contribution in [0.2, 0.25) is 0 Å². The highest BCUT2D eigenvalue weighted by Gasteiger charge is 2.26. The van der Waals surface area contributed by atoms with Crippen molar-refractivity contribution in [2.24, 2.45) is 5.10 Å². The van der Waals surface area contributed by atoms with Crippen LogP contribution in [-0.4, -0.2) is 30.8 Å². The van der Waals surface area contributed by atoms with Crippen molar-refractivity contribution in [2.45, 2.75) is 6.10 Å². The molecule has 0 bridgehead atoms. The number of hydrazone groups is 1. The summed E-state index contributed by atoms with van der Waals surface area (Å²) in [6.07, 6.45) is 2.08. The van der Waals surface area contributed by atoms with Crippen LogP contribution in [0.4, 0.5) is 0 Å². The molecule has 2 aromatic carbocycles. The van der Waals surface area contributed by atoms with E-state index in [9.17, 15) is 9.59 Å². The van der Waals surface area contributed by atoms with Gasteiger partial charge in [0.25, 0.3) is 5.91 Å². The van der Waals surface area contributed by atoms with E-state index < -0.39 is 18.0 Å².